The van der Waals surface area contributed by atoms with Gasteiger partial charge in [0, 0.05) is 47.7 Å². The van der Waals surface area contributed by atoms with Crippen molar-refractivity contribution in [3.63, 3.8) is 0 Å². The Kier molecular flexibility index (Phi) is 4.79. The minimum absolute atomic E-state index is 0.554. The van der Waals surface area contributed by atoms with Crippen molar-refractivity contribution in [1.29, 1.82) is 0 Å². The Morgan fingerprint density at radius 2 is 1.88 bits per heavy atom. The molecule has 0 aliphatic carbocycles. The fourth-order valence-electron chi connectivity index (χ4n) is 3.74. The zero-order chi connectivity index (χ0) is 18.4. The Labute approximate surface area is 168 Å². The topological polar surface area (TPSA) is 8.17 Å². The number of allylic oxidation sites excluding steroid dienone is 1. The SMILES string of the molecule is C=C(Cn1c2c(c3cc(Cl)ccc31)CN(C)CC2)c1ccc(Cl)c(Cl)c1. The number of benzene rings is 2. The van der Waals surface area contributed by atoms with Crippen LogP contribution in [0.3, 0.4) is 0 Å². The molecule has 134 valence electrons. The quantitative estimate of drug-likeness (QED) is 0.496. The van der Waals surface area contributed by atoms with Crippen LogP contribution in [0, 0.1) is 0 Å². The molecule has 3 aromatic rings. The average molecular weight is 406 g/mol. The van der Waals surface area contributed by atoms with Gasteiger partial charge in [0.2, 0.25) is 0 Å². The Bertz CT molecular complexity index is 1020. The highest BCUT2D eigenvalue weighted by atomic mass is 35.5. The van der Waals surface area contributed by atoms with E-state index in [0.29, 0.717) is 10.0 Å². The second-order valence-corrected chi connectivity index (χ2v) is 8.14. The van der Waals surface area contributed by atoms with Crippen LogP contribution in [0.5, 0.6) is 0 Å². The summed E-state index contributed by atoms with van der Waals surface area (Å²) >= 11 is 18.5. The molecule has 0 bridgehead atoms. The van der Waals surface area contributed by atoms with Crippen LogP contribution in [-0.2, 0) is 19.5 Å². The Morgan fingerprint density at radius 3 is 2.65 bits per heavy atom. The first-order valence-corrected chi connectivity index (χ1v) is 9.68. The summed E-state index contributed by atoms with van der Waals surface area (Å²) in [6.07, 6.45) is 1.02. The summed E-state index contributed by atoms with van der Waals surface area (Å²) in [5.41, 5.74) is 5.98. The van der Waals surface area contributed by atoms with Gasteiger partial charge in [0.1, 0.15) is 0 Å². The number of nitrogens with zero attached hydrogens (tertiary/aromatic N) is 2. The highest BCUT2D eigenvalue weighted by Gasteiger charge is 2.23. The van der Waals surface area contributed by atoms with E-state index in [1.54, 1.807) is 0 Å². The highest BCUT2D eigenvalue weighted by Crippen LogP contribution is 2.34. The lowest BCUT2D eigenvalue weighted by atomic mass is 10.0. The minimum Gasteiger partial charge on any atom is -0.340 e. The van der Waals surface area contributed by atoms with Gasteiger partial charge in [-0.2, -0.15) is 0 Å². The van der Waals surface area contributed by atoms with Gasteiger partial charge in [-0.25, -0.2) is 0 Å². The maximum absolute atomic E-state index is 6.27. The lowest BCUT2D eigenvalue weighted by molar-refractivity contribution is 0.310. The molecular weight excluding hydrogens is 387 g/mol. The molecule has 0 unspecified atom stereocenters. The summed E-state index contributed by atoms with van der Waals surface area (Å²) in [5.74, 6) is 0. The first-order chi connectivity index (χ1) is 12.4. The van der Waals surface area contributed by atoms with Crippen LogP contribution in [0.2, 0.25) is 15.1 Å². The monoisotopic (exact) mass is 404 g/mol. The van der Waals surface area contributed by atoms with E-state index in [9.17, 15) is 0 Å². The fraction of sp³-hybridized carbons (Fsp3) is 0.238. The minimum atomic E-state index is 0.554. The van der Waals surface area contributed by atoms with Crippen molar-refractivity contribution in [1.82, 2.24) is 9.47 Å². The van der Waals surface area contributed by atoms with Gasteiger partial charge < -0.3 is 9.47 Å². The average Bonchev–Trinajstić information content (AvgIpc) is 2.90. The smallest absolute Gasteiger partial charge is 0.0598 e. The van der Waals surface area contributed by atoms with Crippen molar-refractivity contribution in [3.8, 4) is 0 Å². The zero-order valence-electron chi connectivity index (χ0n) is 14.5. The molecule has 0 fully saturated rings. The number of fused-ring (bicyclic) bond motifs is 3. The van der Waals surface area contributed by atoms with Crippen molar-refractivity contribution in [2.75, 3.05) is 13.6 Å². The lowest BCUT2D eigenvalue weighted by Crippen LogP contribution is -2.27. The van der Waals surface area contributed by atoms with E-state index >= 15 is 0 Å². The van der Waals surface area contributed by atoms with Gasteiger partial charge in [0.15, 0.2) is 0 Å². The maximum Gasteiger partial charge on any atom is 0.0598 e. The molecule has 0 radical (unpaired) electrons. The standard InChI is InChI=1S/C21H19Cl3N2/c1-13(14-3-5-18(23)19(24)9-14)11-26-20-6-4-15(22)10-16(20)17-12-25(2)8-7-21(17)26/h3-6,9-10H,1,7-8,11-12H2,2H3. The van der Waals surface area contributed by atoms with Crippen molar-refractivity contribution in [2.24, 2.45) is 0 Å². The van der Waals surface area contributed by atoms with Crippen molar-refractivity contribution >= 4 is 51.3 Å². The first-order valence-electron chi connectivity index (χ1n) is 8.55. The largest absolute Gasteiger partial charge is 0.340 e. The summed E-state index contributed by atoms with van der Waals surface area (Å²) in [6, 6.07) is 11.8. The summed E-state index contributed by atoms with van der Waals surface area (Å²) in [7, 11) is 2.16. The molecule has 26 heavy (non-hydrogen) atoms. The molecule has 2 aromatic carbocycles. The summed E-state index contributed by atoms with van der Waals surface area (Å²) in [5, 5.41) is 3.12. The van der Waals surface area contributed by atoms with E-state index in [1.165, 1.54) is 22.2 Å². The molecule has 2 nitrogen and oxygen atoms in total. The Balaban J connectivity index is 1.79. The molecule has 2 heterocycles. The van der Waals surface area contributed by atoms with Crippen molar-refractivity contribution < 1.29 is 0 Å². The molecule has 1 aromatic heterocycles. The third-order valence-electron chi connectivity index (χ3n) is 5.08. The van der Waals surface area contributed by atoms with Crippen LogP contribution in [0.4, 0.5) is 0 Å². The van der Waals surface area contributed by atoms with Gasteiger partial charge in [-0.15, -0.1) is 0 Å². The third kappa shape index (κ3) is 3.16. The third-order valence-corrected chi connectivity index (χ3v) is 6.06. The molecule has 0 spiro atoms. The van der Waals surface area contributed by atoms with Crippen LogP contribution in [0.25, 0.3) is 16.5 Å². The molecule has 5 heteroatoms. The van der Waals surface area contributed by atoms with Crippen molar-refractivity contribution in [3.05, 3.63) is 74.9 Å². The molecular formula is C21H19Cl3N2. The number of hydrogen-bond donors (Lipinski definition) is 0. The molecule has 0 N–H and O–H groups in total. The number of rotatable bonds is 3. The maximum atomic E-state index is 6.27. The van der Waals surface area contributed by atoms with E-state index in [1.807, 2.05) is 24.3 Å². The van der Waals surface area contributed by atoms with Crippen molar-refractivity contribution in [2.45, 2.75) is 19.5 Å². The molecule has 0 saturated heterocycles. The number of hydrogen-bond acceptors (Lipinski definition) is 1. The van der Waals surface area contributed by atoms with Crippen LogP contribution in [0.15, 0.2) is 43.0 Å². The molecule has 1 aliphatic heterocycles. The fourth-order valence-corrected chi connectivity index (χ4v) is 4.21. The van der Waals surface area contributed by atoms with Crippen LogP contribution in [-0.4, -0.2) is 23.1 Å². The second kappa shape index (κ2) is 6.94. The van der Waals surface area contributed by atoms with Crippen LogP contribution < -0.4 is 0 Å². The van der Waals surface area contributed by atoms with E-state index in [-0.39, 0.29) is 0 Å². The zero-order valence-corrected chi connectivity index (χ0v) is 16.8. The van der Waals surface area contributed by atoms with Crippen LogP contribution >= 0.6 is 34.8 Å². The molecule has 1 aliphatic rings. The lowest BCUT2D eigenvalue weighted by Gasteiger charge is -2.24. The highest BCUT2D eigenvalue weighted by molar-refractivity contribution is 6.42. The summed E-state index contributed by atoms with van der Waals surface area (Å²) in [6.45, 7) is 7.01. The molecule has 4 rings (SSSR count). The van der Waals surface area contributed by atoms with E-state index < -0.39 is 0 Å². The summed E-state index contributed by atoms with van der Waals surface area (Å²) < 4.78 is 2.37. The number of halogens is 3. The molecule has 0 saturated carbocycles. The Hall–Kier alpha value is -1.45. The van der Waals surface area contributed by atoms with E-state index in [2.05, 4.69) is 35.2 Å². The van der Waals surface area contributed by atoms with Gasteiger partial charge in [0.05, 0.1) is 10.0 Å². The Morgan fingerprint density at radius 1 is 1.08 bits per heavy atom. The predicted molar refractivity (Wildman–Crippen MR) is 112 cm³/mol. The van der Waals surface area contributed by atoms with E-state index in [4.69, 9.17) is 34.8 Å². The van der Waals surface area contributed by atoms with Crippen LogP contribution in [0.1, 0.15) is 16.8 Å². The summed E-state index contributed by atoms with van der Waals surface area (Å²) in [4.78, 5) is 2.35. The predicted octanol–water partition coefficient (Wildman–Crippen LogP) is 6.30. The van der Waals surface area contributed by atoms with Gasteiger partial charge in [0.25, 0.3) is 0 Å². The van der Waals surface area contributed by atoms with Gasteiger partial charge in [-0.1, -0.05) is 47.4 Å². The normalized spacial score (nSPS) is 14.6. The number of aromatic nitrogens is 1. The van der Waals surface area contributed by atoms with Gasteiger partial charge in [-0.05, 0) is 54.1 Å². The first kappa shape index (κ1) is 17.9. The molecule has 0 atom stereocenters. The van der Waals surface area contributed by atoms with E-state index in [0.717, 1.165) is 42.2 Å². The van der Waals surface area contributed by atoms with Gasteiger partial charge in [-0.3, -0.25) is 0 Å². The number of likely N-dealkylation sites (N-methyl/N-ethyl adjacent to an activating group) is 1. The molecule has 0 amide bonds. The second-order valence-electron chi connectivity index (χ2n) is 6.89. The van der Waals surface area contributed by atoms with Gasteiger partial charge >= 0.3 is 0 Å².